The quantitative estimate of drug-likeness (QED) is 0.894. The summed E-state index contributed by atoms with van der Waals surface area (Å²) < 4.78 is 5.36. The van der Waals surface area contributed by atoms with E-state index in [1.807, 2.05) is 30.3 Å². The van der Waals surface area contributed by atoms with Gasteiger partial charge in [-0.3, -0.25) is 0 Å². The normalized spacial score (nSPS) is 11.9. The first-order valence-electron chi connectivity index (χ1n) is 5.79. The zero-order chi connectivity index (χ0) is 12.3. The van der Waals surface area contributed by atoms with E-state index >= 15 is 0 Å². The van der Waals surface area contributed by atoms with Crippen LogP contribution in [0.25, 0.3) is 10.8 Å². The van der Waals surface area contributed by atoms with Gasteiger partial charge in [0.2, 0.25) is 0 Å². The fraction of sp³-hybridized carbons (Fsp3) is 0.286. The summed E-state index contributed by atoms with van der Waals surface area (Å²) in [4.78, 5) is 0. The van der Waals surface area contributed by atoms with Crippen molar-refractivity contribution in [3.05, 3.63) is 42.0 Å². The molecule has 0 heterocycles. The third kappa shape index (κ3) is 2.75. The van der Waals surface area contributed by atoms with Gasteiger partial charge in [0.25, 0.3) is 0 Å². The monoisotopic (exact) mass is 266 g/mol. The lowest BCUT2D eigenvalue weighted by Crippen LogP contribution is -2.15. The van der Waals surface area contributed by atoms with E-state index in [4.69, 9.17) is 16.2 Å². The highest BCUT2D eigenvalue weighted by atomic mass is 35.5. The Morgan fingerprint density at radius 3 is 2.39 bits per heavy atom. The van der Waals surface area contributed by atoms with Crippen LogP contribution in [0.3, 0.4) is 0 Å². The van der Waals surface area contributed by atoms with Gasteiger partial charge in [-0.1, -0.05) is 30.3 Å². The standard InChI is InChI=1S/C14H18N2O.ClH/c1-17-14-7-6-11(13(16)8-9-15)10-4-2-3-5-12(10)14;/h2-7,13H,8-9,15-16H2,1H3;1H/t13-;/m1./s1. The van der Waals surface area contributed by atoms with Crippen LogP contribution in [-0.2, 0) is 0 Å². The van der Waals surface area contributed by atoms with E-state index < -0.39 is 0 Å². The summed E-state index contributed by atoms with van der Waals surface area (Å²) in [6, 6.07) is 12.1. The molecule has 2 aromatic carbocycles. The molecular weight excluding hydrogens is 248 g/mol. The second-order valence-electron chi connectivity index (χ2n) is 4.09. The second kappa shape index (κ2) is 6.59. The molecule has 3 nitrogen and oxygen atoms in total. The molecule has 0 aliphatic heterocycles. The Labute approximate surface area is 114 Å². The summed E-state index contributed by atoms with van der Waals surface area (Å²) in [6.07, 6.45) is 0.788. The Hall–Kier alpha value is -1.29. The number of methoxy groups -OCH3 is 1. The molecule has 18 heavy (non-hydrogen) atoms. The third-order valence-electron chi connectivity index (χ3n) is 3.01. The van der Waals surface area contributed by atoms with Gasteiger partial charge in [0.05, 0.1) is 7.11 Å². The predicted octanol–water partition coefficient (Wildman–Crippen LogP) is 2.62. The Morgan fingerprint density at radius 2 is 1.78 bits per heavy atom. The van der Waals surface area contributed by atoms with Gasteiger partial charge in [0, 0.05) is 11.4 Å². The number of halogens is 1. The van der Waals surface area contributed by atoms with Crippen LogP contribution in [-0.4, -0.2) is 13.7 Å². The van der Waals surface area contributed by atoms with Crippen LogP contribution in [0.15, 0.2) is 36.4 Å². The first-order valence-corrected chi connectivity index (χ1v) is 5.79. The molecule has 4 N–H and O–H groups in total. The molecule has 2 rings (SSSR count). The Morgan fingerprint density at radius 1 is 1.11 bits per heavy atom. The average Bonchev–Trinajstić information content (AvgIpc) is 2.37. The molecular formula is C14H19ClN2O. The molecule has 0 saturated carbocycles. The Bertz CT molecular complexity index is 516. The van der Waals surface area contributed by atoms with E-state index in [-0.39, 0.29) is 18.4 Å². The second-order valence-corrected chi connectivity index (χ2v) is 4.09. The van der Waals surface area contributed by atoms with Crippen LogP contribution in [0.1, 0.15) is 18.0 Å². The lowest BCUT2D eigenvalue weighted by molar-refractivity contribution is 0.419. The summed E-state index contributed by atoms with van der Waals surface area (Å²) in [6.45, 7) is 0.599. The molecule has 0 saturated heterocycles. The van der Waals surface area contributed by atoms with Crippen LogP contribution >= 0.6 is 12.4 Å². The highest BCUT2D eigenvalue weighted by molar-refractivity contribution is 5.91. The van der Waals surface area contributed by atoms with E-state index in [0.29, 0.717) is 6.54 Å². The van der Waals surface area contributed by atoms with E-state index in [2.05, 4.69) is 6.07 Å². The molecule has 98 valence electrons. The maximum Gasteiger partial charge on any atom is 0.126 e. The Kier molecular flexibility index (Phi) is 5.41. The summed E-state index contributed by atoms with van der Waals surface area (Å²) in [5, 5.41) is 2.24. The van der Waals surface area contributed by atoms with Crippen LogP contribution in [0.2, 0.25) is 0 Å². The van der Waals surface area contributed by atoms with Crippen molar-refractivity contribution in [2.75, 3.05) is 13.7 Å². The summed E-state index contributed by atoms with van der Waals surface area (Å²) >= 11 is 0. The minimum Gasteiger partial charge on any atom is -0.496 e. The Balaban J connectivity index is 0.00000162. The highest BCUT2D eigenvalue weighted by Gasteiger charge is 2.11. The van der Waals surface area contributed by atoms with Gasteiger partial charge in [0.15, 0.2) is 0 Å². The van der Waals surface area contributed by atoms with E-state index in [0.717, 1.165) is 28.5 Å². The smallest absolute Gasteiger partial charge is 0.126 e. The molecule has 0 aliphatic carbocycles. The van der Waals surface area contributed by atoms with Crippen LogP contribution < -0.4 is 16.2 Å². The van der Waals surface area contributed by atoms with E-state index in [9.17, 15) is 0 Å². The number of hydrogen-bond donors (Lipinski definition) is 2. The van der Waals surface area contributed by atoms with Crippen molar-refractivity contribution in [3.63, 3.8) is 0 Å². The van der Waals surface area contributed by atoms with Crippen LogP contribution in [0.5, 0.6) is 5.75 Å². The van der Waals surface area contributed by atoms with Gasteiger partial charge in [-0.25, -0.2) is 0 Å². The lowest BCUT2D eigenvalue weighted by atomic mass is 9.97. The van der Waals surface area contributed by atoms with Crippen molar-refractivity contribution < 1.29 is 4.74 Å². The molecule has 0 aromatic heterocycles. The van der Waals surface area contributed by atoms with Crippen molar-refractivity contribution in [1.82, 2.24) is 0 Å². The maximum absolute atomic E-state index is 6.14. The zero-order valence-corrected chi connectivity index (χ0v) is 11.2. The van der Waals surface area contributed by atoms with Crippen molar-refractivity contribution >= 4 is 23.2 Å². The first-order chi connectivity index (χ1) is 8.27. The van der Waals surface area contributed by atoms with Gasteiger partial charge in [0.1, 0.15) is 5.75 Å². The molecule has 0 bridgehead atoms. The van der Waals surface area contributed by atoms with Gasteiger partial charge >= 0.3 is 0 Å². The molecule has 0 radical (unpaired) electrons. The lowest BCUT2D eigenvalue weighted by Gasteiger charge is -2.15. The molecule has 0 amide bonds. The van der Waals surface area contributed by atoms with E-state index in [1.54, 1.807) is 7.11 Å². The van der Waals surface area contributed by atoms with Crippen molar-refractivity contribution in [3.8, 4) is 5.75 Å². The van der Waals surface area contributed by atoms with Crippen molar-refractivity contribution in [2.45, 2.75) is 12.5 Å². The minimum atomic E-state index is -0.0178. The molecule has 0 spiro atoms. The maximum atomic E-state index is 6.14. The molecule has 4 heteroatoms. The molecule has 2 aromatic rings. The first kappa shape index (κ1) is 14.8. The topological polar surface area (TPSA) is 61.3 Å². The van der Waals surface area contributed by atoms with Gasteiger partial charge in [-0.2, -0.15) is 0 Å². The van der Waals surface area contributed by atoms with Crippen LogP contribution in [0, 0.1) is 0 Å². The SMILES string of the molecule is COc1ccc([C@H](N)CCN)c2ccccc12.Cl. The fourth-order valence-electron chi connectivity index (χ4n) is 2.13. The number of rotatable bonds is 4. The van der Waals surface area contributed by atoms with Gasteiger partial charge in [-0.05, 0) is 30.0 Å². The van der Waals surface area contributed by atoms with Crippen LogP contribution in [0.4, 0.5) is 0 Å². The number of nitrogens with two attached hydrogens (primary N) is 2. The minimum absolute atomic E-state index is 0. The number of ether oxygens (including phenoxy) is 1. The molecule has 0 fully saturated rings. The summed E-state index contributed by atoms with van der Waals surface area (Å²) in [5.74, 6) is 0.879. The fourth-order valence-corrected chi connectivity index (χ4v) is 2.13. The zero-order valence-electron chi connectivity index (χ0n) is 10.4. The molecule has 1 atom stereocenters. The van der Waals surface area contributed by atoms with Gasteiger partial charge in [-0.15, -0.1) is 12.4 Å². The third-order valence-corrected chi connectivity index (χ3v) is 3.01. The molecule has 0 aliphatic rings. The number of hydrogen-bond acceptors (Lipinski definition) is 3. The van der Waals surface area contributed by atoms with Crippen molar-refractivity contribution in [1.29, 1.82) is 0 Å². The average molecular weight is 267 g/mol. The predicted molar refractivity (Wildman–Crippen MR) is 78.3 cm³/mol. The summed E-state index contributed by atoms with van der Waals surface area (Å²) in [7, 11) is 1.68. The largest absolute Gasteiger partial charge is 0.496 e. The molecule has 0 unspecified atom stereocenters. The number of fused-ring (bicyclic) bond motifs is 1. The van der Waals surface area contributed by atoms with Gasteiger partial charge < -0.3 is 16.2 Å². The number of benzene rings is 2. The summed E-state index contributed by atoms with van der Waals surface area (Å²) in [5.41, 5.74) is 12.8. The highest BCUT2D eigenvalue weighted by Crippen LogP contribution is 2.31. The van der Waals surface area contributed by atoms with Crippen molar-refractivity contribution in [2.24, 2.45) is 11.5 Å². The van der Waals surface area contributed by atoms with E-state index in [1.165, 1.54) is 0 Å².